The maximum Gasteiger partial charge on any atom is 0.136 e. The average molecular weight is 250 g/mol. The van der Waals surface area contributed by atoms with Gasteiger partial charge in [-0.3, -0.25) is 0 Å². The molecule has 18 heavy (non-hydrogen) atoms. The third-order valence-electron chi connectivity index (χ3n) is 2.91. The van der Waals surface area contributed by atoms with E-state index in [4.69, 9.17) is 4.74 Å². The summed E-state index contributed by atoms with van der Waals surface area (Å²) in [5, 5.41) is 6.49. The molecule has 5 nitrogen and oxygen atoms in total. The van der Waals surface area contributed by atoms with E-state index in [1.165, 1.54) is 12.8 Å². The molecular weight excluding hydrogens is 228 g/mol. The largest absolute Gasteiger partial charge is 0.382 e. The summed E-state index contributed by atoms with van der Waals surface area (Å²) in [6.07, 6.45) is 2.40. The van der Waals surface area contributed by atoms with E-state index in [0.29, 0.717) is 12.5 Å². The van der Waals surface area contributed by atoms with E-state index < -0.39 is 0 Å². The molecule has 1 aromatic rings. The van der Waals surface area contributed by atoms with Gasteiger partial charge in [-0.25, -0.2) is 9.97 Å². The second-order valence-corrected chi connectivity index (χ2v) is 5.46. The minimum absolute atomic E-state index is 0.144. The maximum absolute atomic E-state index is 5.20. The lowest BCUT2D eigenvalue weighted by Gasteiger charge is -2.26. The first kappa shape index (κ1) is 13.1. The summed E-state index contributed by atoms with van der Waals surface area (Å²) in [5.41, 5.74) is -0.144. The molecule has 0 radical (unpaired) electrons. The van der Waals surface area contributed by atoms with Gasteiger partial charge in [-0.15, -0.1) is 0 Å². The Morgan fingerprint density at radius 2 is 2.00 bits per heavy atom. The Hall–Kier alpha value is -1.36. The lowest BCUT2D eigenvalue weighted by atomic mass is 10.1. The summed E-state index contributed by atoms with van der Waals surface area (Å²) in [6, 6.07) is 1.93. The van der Waals surface area contributed by atoms with Crippen molar-refractivity contribution in [3.8, 4) is 0 Å². The van der Waals surface area contributed by atoms with Crippen molar-refractivity contribution in [2.45, 2.75) is 38.1 Å². The highest BCUT2D eigenvalue weighted by atomic mass is 16.5. The molecule has 0 atom stereocenters. The SMILES string of the molecule is CNc1cc(NC(C)(C)COC)nc(C2CC2)n1. The number of ether oxygens (including phenoxy) is 1. The lowest BCUT2D eigenvalue weighted by Crippen LogP contribution is -2.36. The second kappa shape index (κ2) is 5.10. The van der Waals surface area contributed by atoms with Gasteiger partial charge in [0, 0.05) is 26.1 Å². The predicted octanol–water partition coefficient (Wildman–Crippen LogP) is 2.23. The molecule has 2 N–H and O–H groups in total. The van der Waals surface area contributed by atoms with Gasteiger partial charge in [-0.2, -0.15) is 0 Å². The Morgan fingerprint density at radius 1 is 1.33 bits per heavy atom. The van der Waals surface area contributed by atoms with E-state index in [-0.39, 0.29) is 5.54 Å². The average Bonchev–Trinajstić information content (AvgIpc) is 3.11. The molecule has 1 saturated carbocycles. The number of hydrogen-bond donors (Lipinski definition) is 2. The third kappa shape index (κ3) is 3.32. The molecule has 0 bridgehead atoms. The summed E-state index contributed by atoms with van der Waals surface area (Å²) in [7, 11) is 3.58. The first-order valence-electron chi connectivity index (χ1n) is 6.38. The summed E-state index contributed by atoms with van der Waals surface area (Å²) in [4.78, 5) is 9.09. The van der Waals surface area contributed by atoms with Crippen LogP contribution in [0.2, 0.25) is 0 Å². The Bertz CT molecular complexity index is 415. The summed E-state index contributed by atoms with van der Waals surface area (Å²) >= 11 is 0. The zero-order valence-corrected chi connectivity index (χ0v) is 11.6. The fourth-order valence-electron chi connectivity index (χ4n) is 1.93. The molecule has 0 amide bonds. The number of anilines is 2. The van der Waals surface area contributed by atoms with Crippen LogP contribution in [0.5, 0.6) is 0 Å². The third-order valence-corrected chi connectivity index (χ3v) is 2.91. The Kier molecular flexibility index (Phi) is 3.71. The number of methoxy groups -OCH3 is 1. The molecule has 1 aromatic heterocycles. The fraction of sp³-hybridized carbons (Fsp3) is 0.692. The number of rotatable bonds is 6. The van der Waals surface area contributed by atoms with E-state index in [0.717, 1.165) is 17.5 Å². The molecule has 100 valence electrons. The highest BCUT2D eigenvalue weighted by Crippen LogP contribution is 2.38. The lowest BCUT2D eigenvalue weighted by molar-refractivity contribution is 0.158. The normalized spacial score (nSPS) is 15.6. The van der Waals surface area contributed by atoms with E-state index in [2.05, 4.69) is 34.4 Å². The van der Waals surface area contributed by atoms with Crippen molar-refractivity contribution < 1.29 is 4.74 Å². The molecule has 0 spiro atoms. The van der Waals surface area contributed by atoms with Gasteiger partial charge in [0.15, 0.2) is 0 Å². The summed E-state index contributed by atoms with van der Waals surface area (Å²) < 4.78 is 5.20. The highest BCUT2D eigenvalue weighted by Gasteiger charge is 2.28. The van der Waals surface area contributed by atoms with Gasteiger partial charge in [0.25, 0.3) is 0 Å². The molecule has 1 fully saturated rings. The smallest absolute Gasteiger partial charge is 0.136 e. The zero-order valence-electron chi connectivity index (χ0n) is 11.6. The predicted molar refractivity (Wildman–Crippen MR) is 73.1 cm³/mol. The van der Waals surface area contributed by atoms with Crippen LogP contribution in [0.1, 0.15) is 38.4 Å². The molecule has 0 aliphatic heterocycles. The maximum atomic E-state index is 5.20. The van der Waals surface area contributed by atoms with E-state index in [1.54, 1.807) is 7.11 Å². The number of nitrogens with one attached hydrogen (secondary N) is 2. The van der Waals surface area contributed by atoms with E-state index in [9.17, 15) is 0 Å². The van der Waals surface area contributed by atoms with Crippen molar-refractivity contribution in [3.63, 3.8) is 0 Å². The molecular formula is C13H22N4O. The van der Waals surface area contributed by atoms with Crippen LogP contribution in [-0.4, -0.2) is 36.3 Å². The summed E-state index contributed by atoms with van der Waals surface area (Å²) in [5.74, 6) is 3.21. The topological polar surface area (TPSA) is 59.1 Å². The van der Waals surface area contributed by atoms with Crippen LogP contribution in [0.25, 0.3) is 0 Å². The zero-order chi connectivity index (χ0) is 13.2. The number of nitrogens with zero attached hydrogens (tertiary/aromatic N) is 2. The van der Waals surface area contributed by atoms with Crippen LogP contribution in [-0.2, 0) is 4.74 Å². The monoisotopic (exact) mass is 250 g/mol. The van der Waals surface area contributed by atoms with Gasteiger partial charge >= 0.3 is 0 Å². The van der Waals surface area contributed by atoms with Gasteiger partial charge in [0.1, 0.15) is 17.5 Å². The standard InChI is InChI=1S/C13H22N4O/c1-13(2,8-18-4)17-11-7-10(14-3)15-12(16-11)9-5-6-9/h7,9H,5-6,8H2,1-4H3,(H2,14,15,16,17). The van der Waals surface area contributed by atoms with Crippen LogP contribution in [0.15, 0.2) is 6.07 Å². The van der Waals surface area contributed by atoms with Crippen molar-refractivity contribution in [3.05, 3.63) is 11.9 Å². The van der Waals surface area contributed by atoms with E-state index >= 15 is 0 Å². The molecule has 1 aliphatic rings. The van der Waals surface area contributed by atoms with Crippen LogP contribution in [0, 0.1) is 0 Å². The van der Waals surface area contributed by atoms with Crippen LogP contribution in [0.4, 0.5) is 11.6 Å². The molecule has 0 saturated heterocycles. The minimum Gasteiger partial charge on any atom is -0.382 e. The first-order chi connectivity index (χ1) is 8.54. The van der Waals surface area contributed by atoms with Gasteiger partial charge < -0.3 is 15.4 Å². The molecule has 1 heterocycles. The second-order valence-electron chi connectivity index (χ2n) is 5.46. The van der Waals surface area contributed by atoms with E-state index in [1.807, 2.05) is 13.1 Å². The Morgan fingerprint density at radius 3 is 2.56 bits per heavy atom. The van der Waals surface area contributed by atoms with Crippen LogP contribution >= 0.6 is 0 Å². The molecule has 5 heteroatoms. The molecule has 1 aliphatic carbocycles. The van der Waals surface area contributed by atoms with Crippen molar-refractivity contribution >= 4 is 11.6 Å². The number of hydrogen-bond acceptors (Lipinski definition) is 5. The molecule has 2 rings (SSSR count). The van der Waals surface area contributed by atoms with Crippen LogP contribution < -0.4 is 10.6 Å². The van der Waals surface area contributed by atoms with Gasteiger partial charge in [0.05, 0.1) is 12.1 Å². The van der Waals surface area contributed by atoms with Crippen molar-refractivity contribution in [2.24, 2.45) is 0 Å². The van der Waals surface area contributed by atoms with Crippen molar-refractivity contribution in [2.75, 3.05) is 31.4 Å². The van der Waals surface area contributed by atoms with Crippen molar-refractivity contribution in [1.82, 2.24) is 9.97 Å². The Balaban J connectivity index is 2.18. The Labute approximate surface area is 108 Å². The minimum atomic E-state index is -0.144. The van der Waals surface area contributed by atoms with Crippen LogP contribution in [0.3, 0.4) is 0 Å². The summed E-state index contributed by atoms with van der Waals surface area (Å²) in [6.45, 7) is 4.81. The first-order valence-corrected chi connectivity index (χ1v) is 6.38. The van der Waals surface area contributed by atoms with Gasteiger partial charge in [-0.1, -0.05) is 0 Å². The molecule has 0 aromatic carbocycles. The number of aromatic nitrogens is 2. The van der Waals surface area contributed by atoms with Gasteiger partial charge in [-0.05, 0) is 26.7 Å². The molecule has 0 unspecified atom stereocenters. The van der Waals surface area contributed by atoms with Crippen molar-refractivity contribution in [1.29, 1.82) is 0 Å². The van der Waals surface area contributed by atoms with Gasteiger partial charge in [0.2, 0.25) is 0 Å². The fourth-order valence-corrected chi connectivity index (χ4v) is 1.93. The quantitative estimate of drug-likeness (QED) is 0.811. The highest BCUT2D eigenvalue weighted by molar-refractivity contribution is 5.49.